The van der Waals surface area contributed by atoms with Crippen molar-refractivity contribution in [1.29, 1.82) is 0 Å². The molecule has 0 atom stereocenters. The Balaban J connectivity index is 0.000000158. The number of phenolic OH excluding ortho intramolecular Hbond substituents is 1. The van der Waals surface area contributed by atoms with Crippen LogP contribution in [0.3, 0.4) is 0 Å². The fraction of sp³-hybridized carbons (Fsp3) is 0. The van der Waals surface area contributed by atoms with Crippen molar-refractivity contribution in [1.82, 2.24) is 0 Å². The molecule has 0 amide bonds. The van der Waals surface area contributed by atoms with E-state index < -0.39 is 0 Å². The van der Waals surface area contributed by atoms with Gasteiger partial charge in [-0.25, -0.2) is 0 Å². The number of hydrogen-bond acceptors (Lipinski definition) is 2. The van der Waals surface area contributed by atoms with Crippen LogP contribution in [0.15, 0.2) is 95.5 Å². The molecule has 26 heavy (non-hydrogen) atoms. The Morgan fingerprint density at radius 2 is 1.38 bits per heavy atom. The Hall–Kier alpha value is -2.91. The van der Waals surface area contributed by atoms with Crippen LogP contribution in [0.5, 0.6) is 5.75 Å². The molecule has 2 nitrogen and oxygen atoms in total. The maximum absolute atomic E-state index is 10.7. The Labute approximate surface area is 160 Å². The van der Waals surface area contributed by atoms with Crippen LogP contribution < -0.4 is 0 Å². The Morgan fingerprint density at radius 1 is 0.692 bits per heavy atom. The molecule has 0 aromatic heterocycles. The minimum absolute atomic E-state index is 0.0182. The number of phenols is 1. The molecule has 0 fully saturated rings. The lowest BCUT2D eigenvalue weighted by Crippen LogP contribution is -1.83. The van der Waals surface area contributed by atoms with Gasteiger partial charge >= 0.3 is 0 Å². The van der Waals surface area contributed by atoms with Gasteiger partial charge in [0.15, 0.2) is 6.29 Å². The fourth-order valence-corrected chi connectivity index (χ4v) is 3.00. The fourth-order valence-electron chi connectivity index (χ4n) is 2.62. The Morgan fingerprint density at radius 3 is 2.12 bits per heavy atom. The third-order valence-corrected chi connectivity index (χ3v) is 4.47. The molecule has 4 aromatic carbocycles. The van der Waals surface area contributed by atoms with E-state index in [0.717, 1.165) is 15.6 Å². The SMILES string of the molecule is Brc1ccc2ccccc2c1.O=Cc1cc(-c2ccccc2)ccc1O. The average Bonchev–Trinajstić information content (AvgIpc) is 2.69. The quantitative estimate of drug-likeness (QED) is 0.388. The number of halogens is 1. The number of aldehydes is 1. The summed E-state index contributed by atoms with van der Waals surface area (Å²) >= 11 is 3.43. The highest BCUT2D eigenvalue weighted by molar-refractivity contribution is 9.10. The third kappa shape index (κ3) is 4.38. The minimum atomic E-state index is 0.0182. The molecular weight excluding hydrogens is 388 g/mol. The molecule has 128 valence electrons. The van der Waals surface area contributed by atoms with Gasteiger partial charge in [-0.3, -0.25) is 4.79 Å². The van der Waals surface area contributed by atoms with E-state index in [4.69, 9.17) is 0 Å². The van der Waals surface area contributed by atoms with Gasteiger partial charge < -0.3 is 5.11 Å². The number of carbonyl (C=O) groups is 1. The van der Waals surface area contributed by atoms with E-state index in [9.17, 15) is 9.90 Å². The van der Waals surface area contributed by atoms with Gasteiger partial charge in [-0.15, -0.1) is 0 Å². The number of fused-ring (bicyclic) bond motifs is 1. The molecular formula is C23H17BrO2. The van der Waals surface area contributed by atoms with Crippen LogP contribution in [0.2, 0.25) is 0 Å². The molecule has 1 N–H and O–H groups in total. The minimum Gasteiger partial charge on any atom is -0.507 e. The number of hydrogen-bond donors (Lipinski definition) is 1. The summed E-state index contributed by atoms with van der Waals surface area (Å²) < 4.78 is 1.14. The topological polar surface area (TPSA) is 37.3 Å². The number of aromatic hydroxyl groups is 1. The second-order valence-electron chi connectivity index (χ2n) is 5.75. The Bertz CT molecular complexity index is 1030. The van der Waals surface area contributed by atoms with Crippen LogP contribution in [0, 0.1) is 0 Å². The van der Waals surface area contributed by atoms with Crippen molar-refractivity contribution in [2.75, 3.05) is 0 Å². The molecule has 0 bridgehead atoms. The smallest absolute Gasteiger partial charge is 0.153 e. The summed E-state index contributed by atoms with van der Waals surface area (Å²) in [5.74, 6) is 0.0182. The lowest BCUT2D eigenvalue weighted by atomic mass is 10.0. The van der Waals surface area contributed by atoms with Crippen molar-refractivity contribution >= 4 is 33.0 Å². The van der Waals surface area contributed by atoms with Crippen LogP contribution in [0.25, 0.3) is 21.9 Å². The first-order valence-electron chi connectivity index (χ1n) is 8.15. The van der Waals surface area contributed by atoms with Crippen molar-refractivity contribution < 1.29 is 9.90 Å². The monoisotopic (exact) mass is 404 g/mol. The normalized spacial score (nSPS) is 10.0. The summed E-state index contributed by atoms with van der Waals surface area (Å²) in [6, 6.07) is 29.3. The van der Waals surface area contributed by atoms with Crippen molar-refractivity contribution in [2.45, 2.75) is 0 Å². The van der Waals surface area contributed by atoms with Crippen molar-refractivity contribution in [3.05, 3.63) is 101 Å². The maximum atomic E-state index is 10.7. The Kier molecular flexibility index (Phi) is 5.82. The molecule has 0 aliphatic carbocycles. The predicted molar refractivity (Wildman–Crippen MR) is 111 cm³/mol. The van der Waals surface area contributed by atoms with Crippen LogP contribution in [-0.2, 0) is 0 Å². The van der Waals surface area contributed by atoms with E-state index in [2.05, 4.69) is 58.4 Å². The molecule has 0 saturated carbocycles. The second kappa shape index (κ2) is 8.45. The van der Waals surface area contributed by atoms with Gasteiger partial charge in [0.05, 0.1) is 5.56 Å². The second-order valence-corrected chi connectivity index (χ2v) is 6.66. The highest BCUT2D eigenvalue weighted by atomic mass is 79.9. The number of benzene rings is 4. The third-order valence-electron chi connectivity index (χ3n) is 3.97. The van der Waals surface area contributed by atoms with Gasteiger partial charge in [-0.2, -0.15) is 0 Å². The maximum Gasteiger partial charge on any atom is 0.153 e. The van der Waals surface area contributed by atoms with Crippen LogP contribution in [0.1, 0.15) is 10.4 Å². The van der Waals surface area contributed by atoms with Crippen molar-refractivity contribution in [2.24, 2.45) is 0 Å². The van der Waals surface area contributed by atoms with Crippen molar-refractivity contribution in [3.8, 4) is 16.9 Å². The summed E-state index contributed by atoms with van der Waals surface area (Å²) in [6.45, 7) is 0. The zero-order valence-electron chi connectivity index (χ0n) is 14.0. The highest BCUT2D eigenvalue weighted by Gasteiger charge is 2.02. The molecule has 4 aromatic rings. The van der Waals surface area contributed by atoms with Crippen LogP contribution >= 0.6 is 15.9 Å². The summed E-state index contributed by atoms with van der Waals surface area (Å²) in [5, 5.41) is 11.9. The summed E-state index contributed by atoms with van der Waals surface area (Å²) in [5.41, 5.74) is 2.27. The van der Waals surface area contributed by atoms with Gasteiger partial charge in [0.2, 0.25) is 0 Å². The molecule has 4 rings (SSSR count). The molecule has 0 spiro atoms. The zero-order valence-corrected chi connectivity index (χ0v) is 15.6. The lowest BCUT2D eigenvalue weighted by Gasteiger charge is -2.03. The number of rotatable bonds is 2. The molecule has 0 saturated heterocycles. The van der Waals surface area contributed by atoms with E-state index in [0.29, 0.717) is 11.8 Å². The highest BCUT2D eigenvalue weighted by Crippen LogP contribution is 2.24. The van der Waals surface area contributed by atoms with Gasteiger partial charge in [0.25, 0.3) is 0 Å². The van der Waals surface area contributed by atoms with E-state index in [1.807, 2.05) is 30.3 Å². The molecule has 0 heterocycles. The molecule has 0 aliphatic heterocycles. The summed E-state index contributed by atoms with van der Waals surface area (Å²) in [4.78, 5) is 10.7. The molecule has 0 radical (unpaired) electrons. The van der Waals surface area contributed by atoms with Gasteiger partial charge in [0, 0.05) is 4.47 Å². The average molecular weight is 405 g/mol. The first-order valence-corrected chi connectivity index (χ1v) is 8.94. The van der Waals surface area contributed by atoms with Crippen LogP contribution in [0.4, 0.5) is 0 Å². The largest absolute Gasteiger partial charge is 0.507 e. The summed E-state index contributed by atoms with van der Waals surface area (Å²) in [6.07, 6.45) is 0.655. The predicted octanol–water partition coefficient (Wildman–Crippen LogP) is 6.47. The van der Waals surface area contributed by atoms with Gasteiger partial charge in [-0.05, 0) is 46.2 Å². The number of carbonyl (C=O) groups excluding carboxylic acids is 1. The van der Waals surface area contributed by atoms with E-state index in [1.54, 1.807) is 12.1 Å². The first kappa shape index (κ1) is 17.9. The van der Waals surface area contributed by atoms with Crippen molar-refractivity contribution in [3.63, 3.8) is 0 Å². The first-order chi connectivity index (χ1) is 12.7. The van der Waals surface area contributed by atoms with E-state index >= 15 is 0 Å². The van der Waals surface area contributed by atoms with Gasteiger partial charge in [0.1, 0.15) is 5.75 Å². The molecule has 0 unspecified atom stereocenters. The standard InChI is InChI=1S/C13H10O2.C10H7Br/c14-9-12-8-11(6-7-13(12)15)10-4-2-1-3-5-10;11-10-6-5-8-3-1-2-4-9(8)7-10/h1-9,15H;1-7H. The molecule has 3 heteroatoms. The molecule has 0 aliphatic rings. The van der Waals surface area contributed by atoms with Crippen LogP contribution in [-0.4, -0.2) is 11.4 Å². The van der Waals surface area contributed by atoms with E-state index in [1.165, 1.54) is 16.8 Å². The summed E-state index contributed by atoms with van der Waals surface area (Å²) in [7, 11) is 0. The van der Waals surface area contributed by atoms with Gasteiger partial charge in [-0.1, -0.05) is 82.7 Å². The lowest BCUT2D eigenvalue weighted by molar-refractivity contribution is 0.112. The zero-order chi connectivity index (χ0) is 18.4. The van der Waals surface area contributed by atoms with E-state index in [-0.39, 0.29) is 5.75 Å².